The number of aryl methyl sites for hydroxylation is 1. The van der Waals surface area contributed by atoms with Gasteiger partial charge in [0.1, 0.15) is 5.75 Å². The molecule has 0 aliphatic heterocycles. The van der Waals surface area contributed by atoms with Gasteiger partial charge in [-0.3, -0.25) is 0 Å². The third kappa shape index (κ3) is 2.74. The molecule has 0 saturated heterocycles. The molecule has 0 radical (unpaired) electrons. The summed E-state index contributed by atoms with van der Waals surface area (Å²) in [5.41, 5.74) is 7.93. The van der Waals surface area contributed by atoms with Crippen LogP contribution in [0.2, 0.25) is 0 Å². The van der Waals surface area contributed by atoms with E-state index in [9.17, 15) is 0 Å². The van der Waals surface area contributed by atoms with Crippen LogP contribution in [-0.4, -0.2) is 6.10 Å². The van der Waals surface area contributed by atoms with Crippen molar-refractivity contribution in [1.29, 1.82) is 0 Å². The summed E-state index contributed by atoms with van der Waals surface area (Å²) in [6.07, 6.45) is 1.26. The van der Waals surface area contributed by atoms with Gasteiger partial charge in [0.15, 0.2) is 0 Å². The van der Waals surface area contributed by atoms with Gasteiger partial charge in [0.05, 0.1) is 6.10 Å². The van der Waals surface area contributed by atoms with Gasteiger partial charge in [0.2, 0.25) is 0 Å². The summed E-state index contributed by atoms with van der Waals surface area (Å²) < 4.78 is 5.79. The van der Waals surface area contributed by atoms with Crippen molar-refractivity contribution in [3.8, 4) is 5.75 Å². The zero-order chi connectivity index (χ0) is 10.6. The molecule has 0 spiro atoms. The van der Waals surface area contributed by atoms with E-state index in [-0.39, 0.29) is 6.10 Å². The lowest BCUT2D eigenvalue weighted by molar-refractivity contribution is 0.215. The van der Waals surface area contributed by atoms with Crippen molar-refractivity contribution in [3.63, 3.8) is 0 Å². The molecule has 2 N–H and O–H groups in total. The zero-order valence-electron chi connectivity index (χ0n) is 9.21. The Morgan fingerprint density at radius 3 is 2.71 bits per heavy atom. The molecule has 0 aliphatic rings. The van der Waals surface area contributed by atoms with Crippen LogP contribution in [0.5, 0.6) is 5.75 Å². The van der Waals surface area contributed by atoms with E-state index in [0.717, 1.165) is 17.7 Å². The molecule has 1 aromatic carbocycles. The van der Waals surface area contributed by atoms with Gasteiger partial charge in [-0.2, -0.15) is 0 Å². The summed E-state index contributed by atoms with van der Waals surface area (Å²) in [6.45, 7) is 6.78. The summed E-state index contributed by atoms with van der Waals surface area (Å²) in [6, 6.07) is 6.15. The molecule has 78 valence electrons. The zero-order valence-corrected chi connectivity index (χ0v) is 9.21. The summed E-state index contributed by atoms with van der Waals surface area (Å²) in [5.74, 6) is 0.932. The Kier molecular flexibility index (Phi) is 3.96. The van der Waals surface area contributed by atoms with Crippen molar-refractivity contribution in [3.05, 3.63) is 29.3 Å². The van der Waals surface area contributed by atoms with Crippen molar-refractivity contribution in [2.75, 3.05) is 0 Å². The predicted octanol–water partition coefficient (Wildman–Crippen LogP) is 2.63. The molecule has 0 amide bonds. The average Bonchev–Trinajstić information content (AvgIpc) is 2.18. The van der Waals surface area contributed by atoms with E-state index < -0.39 is 0 Å². The van der Waals surface area contributed by atoms with Crippen LogP contribution < -0.4 is 10.5 Å². The minimum absolute atomic E-state index is 0.252. The Hall–Kier alpha value is -1.02. The molecule has 0 unspecified atom stereocenters. The van der Waals surface area contributed by atoms with Crippen LogP contribution in [0, 0.1) is 6.92 Å². The third-order valence-corrected chi connectivity index (χ3v) is 2.35. The van der Waals surface area contributed by atoms with E-state index in [1.807, 2.05) is 12.1 Å². The summed E-state index contributed by atoms with van der Waals surface area (Å²) in [5, 5.41) is 0. The van der Waals surface area contributed by atoms with Crippen molar-refractivity contribution in [1.82, 2.24) is 0 Å². The minimum Gasteiger partial charge on any atom is -0.490 e. The number of nitrogens with two attached hydrogens (primary N) is 1. The van der Waals surface area contributed by atoms with Gasteiger partial charge in [-0.15, -0.1) is 0 Å². The molecule has 0 aromatic heterocycles. The van der Waals surface area contributed by atoms with E-state index in [2.05, 4.69) is 26.8 Å². The van der Waals surface area contributed by atoms with E-state index >= 15 is 0 Å². The SMILES string of the molecule is CC[C@@H](C)Oc1cc(C)ccc1CN. The van der Waals surface area contributed by atoms with E-state index in [0.29, 0.717) is 6.54 Å². The molecule has 2 heteroatoms. The lowest BCUT2D eigenvalue weighted by atomic mass is 10.1. The monoisotopic (exact) mass is 193 g/mol. The molecule has 14 heavy (non-hydrogen) atoms. The lowest BCUT2D eigenvalue weighted by Crippen LogP contribution is -2.12. The quantitative estimate of drug-likeness (QED) is 0.797. The van der Waals surface area contributed by atoms with Crippen LogP contribution in [0.1, 0.15) is 31.4 Å². The normalized spacial score (nSPS) is 12.6. The summed E-state index contributed by atoms with van der Waals surface area (Å²) in [4.78, 5) is 0. The lowest BCUT2D eigenvalue weighted by Gasteiger charge is -2.16. The maximum atomic E-state index is 5.79. The van der Waals surface area contributed by atoms with Gasteiger partial charge in [-0.1, -0.05) is 19.1 Å². The Bertz CT molecular complexity index is 296. The largest absolute Gasteiger partial charge is 0.490 e. The molecule has 1 atom stereocenters. The summed E-state index contributed by atoms with van der Waals surface area (Å²) in [7, 11) is 0. The standard InChI is InChI=1S/C12H19NO/c1-4-10(3)14-12-7-9(2)5-6-11(12)8-13/h5-7,10H,4,8,13H2,1-3H3/t10-/m1/s1. The van der Waals surface area contributed by atoms with Crippen LogP contribution in [0.25, 0.3) is 0 Å². The molecule has 0 bridgehead atoms. The van der Waals surface area contributed by atoms with E-state index in [1.165, 1.54) is 5.56 Å². The molecule has 0 aliphatic carbocycles. The number of ether oxygens (including phenoxy) is 1. The van der Waals surface area contributed by atoms with Crippen LogP contribution in [0.3, 0.4) is 0 Å². The number of rotatable bonds is 4. The first-order chi connectivity index (χ1) is 6.67. The van der Waals surface area contributed by atoms with Crippen molar-refractivity contribution < 1.29 is 4.74 Å². The fourth-order valence-electron chi connectivity index (χ4n) is 1.24. The Balaban J connectivity index is 2.87. The number of benzene rings is 1. The van der Waals surface area contributed by atoms with Gasteiger partial charge in [-0.25, -0.2) is 0 Å². The van der Waals surface area contributed by atoms with Crippen molar-refractivity contribution in [2.45, 2.75) is 39.8 Å². The second-order valence-electron chi connectivity index (χ2n) is 3.65. The second kappa shape index (κ2) is 5.01. The summed E-state index contributed by atoms with van der Waals surface area (Å²) >= 11 is 0. The third-order valence-electron chi connectivity index (χ3n) is 2.35. The highest BCUT2D eigenvalue weighted by Crippen LogP contribution is 2.21. The molecule has 0 heterocycles. The fraction of sp³-hybridized carbons (Fsp3) is 0.500. The van der Waals surface area contributed by atoms with Gasteiger partial charge >= 0.3 is 0 Å². The average molecular weight is 193 g/mol. The highest BCUT2D eigenvalue weighted by Gasteiger charge is 2.05. The first-order valence-corrected chi connectivity index (χ1v) is 5.13. The number of hydrogen-bond acceptors (Lipinski definition) is 2. The smallest absolute Gasteiger partial charge is 0.124 e. The Morgan fingerprint density at radius 1 is 1.43 bits per heavy atom. The van der Waals surface area contributed by atoms with E-state index in [1.54, 1.807) is 0 Å². The Labute approximate surface area is 86.1 Å². The molecule has 0 fully saturated rings. The maximum Gasteiger partial charge on any atom is 0.124 e. The first kappa shape index (κ1) is 11.1. The first-order valence-electron chi connectivity index (χ1n) is 5.13. The van der Waals surface area contributed by atoms with Crippen molar-refractivity contribution in [2.24, 2.45) is 5.73 Å². The minimum atomic E-state index is 0.252. The Morgan fingerprint density at radius 2 is 2.14 bits per heavy atom. The van der Waals surface area contributed by atoms with Crippen LogP contribution in [0.4, 0.5) is 0 Å². The van der Waals surface area contributed by atoms with Crippen LogP contribution >= 0.6 is 0 Å². The highest BCUT2D eigenvalue weighted by atomic mass is 16.5. The molecule has 1 rings (SSSR count). The highest BCUT2D eigenvalue weighted by molar-refractivity contribution is 5.37. The molecular formula is C12H19NO. The van der Waals surface area contributed by atoms with Crippen LogP contribution in [-0.2, 0) is 6.54 Å². The number of hydrogen-bond donors (Lipinski definition) is 1. The van der Waals surface area contributed by atoms with Crippen molar-refractivity contribution >= 4 is 0 Å². The molecule has 2 nitrogen and oxygen atoms in total. The molecular weight excluding hydrogens is 174 g/mol. The van der Waals surface area contributed by atoms with E-state index in [4.69, 9.17) is 10.5 Å². The predicted molar refractivity (Wildman–Crippen MR) is 59.5 cm³/mol. The van der Waals surface area contributed by atoms with Gasteiger partial charge in [-0.05, 0) is 31.9 Å². The van der Waals surface area contributed by atoms with Gasteiger partial charge in [0, 0.05) is 12.1 Å². The van der Waals surface area contributed by atoms with Gasteiger partial charge < -0.3 is 10.5 Å². The van der Waals surface area contributed by atoms with Gasteiger partial charge in [0.25, 0.3) is 0 Å². The molecule has 0 saturated carbocycles. The topological polar surface area (TPSA) is 35.2 Å². The van der Waals surface area contributed by atoms with Crippen LogP contribution in [0.15, 0.2) is 18.2 Å². The fourth-order valence-corrected chi connectivity index (χ4v) is 1.24. The molecule has 1 aromatic rings. The second-order valence-corrected chi connectivity index (χ2v) is 3.65. The maximum absolute atomic E-state index is 5.79.